The summed E-state index contributed by atoms with van der Waals surface area (Å²) in [6.07, 6.45) is 11.4. The van der Waals surface area contributed by atoms with E-state index in [1.165, 1.54) is 32.1 Å². The Hall–Kier alpha value is -1.40. The van der Waals surface area contributed by atoms with Crippen molar-refractivity contribution < 1.29 is 9.13 Å². The van der Waals surface area contributed by atoms with E-state index >= 15 is 0 Å². The van der Waals surface area contributed by atoms with Crippen molar-refractivity contribution in [3.63, 3.8) is 0 Å². The minimum atomic E-state index is -0.388. The Morgan fingerprint density at radius 1 is 1.04 bits per heavy atom. The number of hydrogen-bond acceptors (Lipinski definition) is 2. The third kappa shape index (κ3) is 4.82. The largest absolute Gasteiger partial charge is 0.378 e. The molecule has 0 spiro atoms. The lowest BCUT2D eigenvalue weighted by atomic mass is 9.81. The van der Waals surface area contributed by atoms with Crippen molar-refractivity contribution >= 4 is 0 Å². The first-order valence-corrected chi connectivity index (χ1v) is 10.0. The molecule has 0 atom stereocenters. The zero-order chi connectivity index (χ0) is 17.6. The van der Waals surface area contributed by atoms with Gasteiger partial charge in [-0.1, -0.05) is 32.3 Å². The topological polar surface area (TPSA) is 33.0 Å². The van der Waals surface area contributed by atoms with Gasteiger partial charge >= 0.3 is 0 Å². The quantitative estimate of drug-likeness (QED) is 0.661. The fourth-order valence-corrected chi connectivity index (χ4v) is 4.52. The normalized spacial score (nSPS) is 30.0. The lowest BCUT2D eigenvalue weighted by Crippen LogP contribution is -2.25. The van der Waals surface area contributed by atoms with Crippen LogP contribution in [0.25, 0.3) is 0 Å². The second-order valence-electron chi connectivity index (χ2n) is 7.95. The molecule has 3 rings (SSSR count). The van der Waals surface area contributed by atoms with Crippen LogP contribution >= 0.6 is 0 Å². The van der Waals surface area contributed by atoms with E-state index in [9.17, 15) is 4.39 Å². The summed E-state index contributed by atoms with van der Waals surface area (Å²) in [5, 5.41) is 8.84. The molecule has 3 heteroatoms. The summed E-state index contributed by atoms with van der Waals surface area (Å²) in [6.45, 7) is 3.23. The molecule has 2 aliphatic carbocycles. The fraction of sp³-hybridized carbons (Fsp3) is 0.682. The first kappa shape index (κ1) is 18.4. The van der Waals surface area contributed by atoms with Crippen molar-refractivity contribution in [3.8, 4) is 6.07 Å². The number of benzene rings is 1. The van der Waals surface area contributed by atoms with Crippen molar-refractivity contribution in [3.05, 3.63) is 35.1 Å². The van der Waals surface area contributed by atoms with E-state index in [1.54, 1.807) is 12.1 Å². The maximum Gasteiger partial charge on any atom is 0.141 e. The van der Waals surface area contributed by atoms with Crippen LogP contribution in [0.15, 0.2) is 18.2 Å². The maximum absolute atomic E-state index is 13.8. The van der Waals surface area contributed by atoms with Gasteiger partial charge in [-0.15, -0.1) is 0 Å². The Kier molecular flexibility index (Phi) is 6.48. The highest BCUT2D eigenvalue weighted by Crippen LogP contribution is 2.36. The van der Waals surface area contributed by atoms with Gasteiger partial charge in [-0.2, -0.15) is 5.26 Å². The number of rotatable bonds is 5. The fourth-order valence-electron chi connectivity index (χ4n) is 4.52. The molecule has 2 nitrogen and oxygen atoms in total. The summed E-state index contributed by atoms with van der Waals surface area (Å²) < 4.78 is 20.0. The first-order valence-electron chi connectivity index (χ1n) is 10.0. The lowest BCUT2D eigenvalue weighted by Gasteiger charge is -2.32. The Morgan fingerprint density at radius 3 is 2.32 bits per heavy atom. The molecule has 0 aliphatic heterocycles. The van der Waals surface area contributed by atoms with E-state index < -0.39 is 0 Å². The minimum Gasteiger partial charge on any atom is -0.378 e. The molecule has 2 aliphatic rings. The molecular weight excluding hydrogens is 313 g/mol. The van der Waals surface area contributed by atoms with Crippen molar-refractivity contribution in [1.29, 1.82) is 5.26 Å². The van der Waals surface area contributed by atoms with Crippen LogP contribution < -0.4 is 0 Å². The third-order valence-corrected chi connectivity index (χ3v) is 6.37. The van der Waals surface area contributed by atoms with Crippen molar-refractivity contribution in [2.45, 2.75) is 76.7 Å². The van der Waals surface area contributed by atoms with Crippen LogP contribution in [0.4, 0.5) is 4.39 Å². The highest BCUT2D eigenvalue weighted by atomic mass is 19.1. The van der Waals surface area contributed by atoms with E-state index in [0.29, 0.717) is 12.0 Å². The summed E-state index contributed by atoms with van der Waals surface area (Å²) in [6, 6.07) is 6.97. The second-order valence-corrected chi connectivity index (χ2v) is 7.95. The molecule has 0 radical (unpaired) electrons. The molecule has 0 amide bonds. The summed E-state index contributed by atoms with van der Waals surface area (Å²) in [7, 11) is 0. The van der Waals surface area contributed by atoms with E-state index in [2.05, 4.69) is 6.92 Å². The second kappa shape index (κ2) is 8.81. The molecule has 0 saturated heterocycles. The van der Waals surface area contributed by atoms with E-state index in [4.69, 9.17) is 10.00 Å². The average Bonchev–Trinajstić information content (AvgIpc) is 2.67. The van der Waals surface area contributed by atoms with Crippen LogP contribution in [0.1, 0.15) is 81.8 Å². The molecule has 136 valence electrons. The van der Waals surface area contributed by atoms with E-state index in [-0.39, 0.29) is 11.4 Å². The van der Waals surface area contributed by atoms with Gasteiger partial charge in [0.2, 0.25) is 0 Å². The summed E-state index contributed by atoms with van der Waals surface area (Å²) in [4.78, 5) is 0. The van der Waals surface area contributed by atoms with Gasteiger partial charge in [-0.25, -0.2) is 4.39 Å². The predicted octanol–water partition coefficient (Wildman–Crippen LogP) is 5.96. The van der Waals surface area contributed by atoms with Crippen LogP contribution in [0.5, 0.6) is 0 Å². The lowest BCUT2D eigenvalue weighted by molar-refractivity contribution is -0.00465. The van der Waals surface area contributed by atoms with Crippen LogP contribution in [0.3, 0.4) is 0 Å². The number of nitriles is 1. The van der Waals surface area contributed by atoms with Gasteiger partial charge in [0, 0.05) is 6.61 Å². The Bertz CT molecular complexity index is 593. The van der Waals surface area contributed by atoms with Gasteiger partial charge < -0.3 is 4.74 Å². The van der Waals surface area contributed by atoms with Gasteiger partial charge in [0.15, 0.2) is 0 Å². The van der Waals surface area contributed by atoms with E-state index in [0.717, 1.165) is 49.7 Å². The first-order chi connectivity index (χ1) is 12.2. The SMILES string of the molecule is CCC1CCC(COC2CCC(c3ccc(C#N)c(F)c3)CC2)CC1. The summed E-state index contributed by atoms with van der Waals surface area (Å²) in [5.41, 5.74) is 1.17. The Labute approximate surface area is 151 Å². The van der Waals surface area contributed by atoms with E-state index in [1.807, 2.05) is 12.1 Å². The monoisotopic (exact) mass is 343 g/mol. The molecule has 2 saturated carbocycles. The average molecular weight is 343 g/mol. The standard InChI is InChI=1S/C22H30FNO/c1-2-16-3-5-17(6-4-16)15-25-21-11-9-18(10-12-21)19-7-8-20(14-24)22(23)13-19/h7-8,13,16-18,21H,2-6,9-12,15H2,1H3. The minimum absolute atomic E-state index is 0.138. The molecule has 0 heterocycles. The van der Waals surface area contributed by atoms with Gasteiger partial charge in [-0.05, 0) is 74.0 Å². The number of hydrogen-bond donors (Lipinski definition) is 0. The maximum atomic E-state index is 13.8. The Balaban J connectivity index is 1.42. The van der Waals surface area contributed by atoms with Crippen molar-refractivity contribution in [2.75, 3.05) is 6.61 Å². The van der Waals surface area contributed by atoms with Gasteiger partial charge in [-0.3, -0.25) is 0 Å². The summed E-state index contributed by atoms with van der Waals surface area (Å²) in [5.74, 6) is 1.72. The zero-order valence-electron chi connectivity index (χ0n) is 15.3. The van der Waals surface area contributed by atoms with Crippen LogP contribution in [0, 0.1) is 29.0 Å². The van der Waals surface area contributed by atoms with Crippen LogP contribution in [-0.2, 0) is 4.74 Å². The van der Waals surface area contributed by atoms with Gasteiger partial charge in [0.25, 0.3) is 0 Å². The van der Waals surface area contributed by atoms with Gasteiger partial charge in [0.05, 0.1) is 11.7 Å². The zero-order valence-corrected chi connectivity index (χ0v) is 15.3. The molecule has 0 bridgehead atoms. The van der Waals surface area contributed by atoms with Crippen LogP contribution in [-0.4, -0.2) is 12.7 Å². The molecule has 1 aromatic carbocycles. The molecule has 0 unspecified atom stereocenters. The number of ether oxygens (including phenoxy) is 1. The Morgan fingerprint density at radius 2 is 1.72 bits per heavy atom. The smallest absolute Gasteiger partial charge is 0.141 e. The molecule has 0 N–H and O–H groups in total. The van der Waals surface area contributed by atoms with Crippen molar-refractivity contribution in [2.24, 2.45) is 11.8 Å². The number of nitrogens with zero attached hydrogens (tertiary/aromatic N) is 1. The highest BCUT2D eigenvalue weighted by molar-refractivity contribution is 5.34. The molecule has 2 fully saturated rings. The third-order valence-electron chi connectivity index (χ3n) is 6.37. The van der Waals surface area contributed by atoms with Gasteiger partial charge in [0.1, 0.15) is 11.9 Å². The molecule has 1 aromatic rings. The highest BCUT2D eigenvalue weighted by Gasteiger charge is 2.25. The van der Waals surface area contributed by atoms with Crippen molar-refractivity contribution in [1.82, 2.24) is 0 Å². The molecular formula is C22H30FNO. The summed E-state index contributed by atoms with van der Waals surface area (Å²) >= 11 is 0. The molecule has 25 heavy (non-hydrogen) atoms. The number of halogens is 1. The molecule has 0 aromatic heterocycles. The van der Waals surface area contributed by atoms with Crippen LogP contribution in [0.2, 0.25) is 0 Å². The predicted molar refractivity (Wildman–Crippen MR) is 97.8 cm³/mol.